The SMILES string of the molecule is c1nc(-c2nc3c(s2)CCOc2cc(-c4cn[nH]c4)ccc2-3)n(CC2CC2)n1. The Labute approximate surface area is 165 Å². The first-order valence-electron chi connectivity index (χ1n) is 9.49. The lowest BCUT2D eigenvalue weighted by atomic mass is 10.0. The fourth-order valence-electron chi connectivity index (χ4n) is 3.62. The summed E-state index contributed by atoms with van der Waals surface area (Å²) in [7, 11) is 0. The van der Waals surface area contributed by atoms with Crippen molar-refractivity contribution < 1.29 is 4.74 Å². The third-order valence-electron chi connectivity index (χ3n) is 5.29. The van der Waals surface area contributed by atoms with Gasteiger partial charge in [0.1, 0.15) is 12.1 Å². The van der Waals surface area contributed by atoms with Gasteiger partial charge in [0.2, 0.25) is 0 Å². The van der Waals surface area contributed by atoms with Gasteiger partial charge in [0, 0.05) is 35.2 Å². The molecule has 140 valence electrons. The average Bonchev–Trinajstić information content (AvgIpc) is 3.11. The molecule has 0 atom stereocenters. The number of fused-ring (bicyclic) bond motifs is 3. The molecule has 3 aromatic heterocycles. The molecule has 2 aliphatic rings. The lowest BCUT2D eigenvalue weighted by Crippen LogP contribution is -2.04. The van der Waals surface area contributed by atoms with Crippen molar-refractivity contribution in [2.45, 2.75) is 25.8 Å². The predicted octanol–water partition coefficient (Wildman–Crippen LogP) is 3.80. The minimum Gasteiger partial charge on any atom is -0.492 e. The third-order valence-corrected chi connectivity index (χ3v) is 6.40. The summed E-state index contributed by atoms with van der Waals surface area (Å²) in [5.74, 6) is 2.49. The summed E-state index contributed by atoms with van der Waals surface area (Å²) < 4.78 is 8.06. The van der Waals surface area contributed by atoms with Gasteiger partial charge in [-0.1, -0.05) is 6.07 Å². The van der Waals surface area contributed by atoms with E-state index in [-0.39, 0.29) is 0 Å². The van der Waals surface area contributed by atoms with Gasteiger partial charge in [0.15, 0.2) is 10.8 Å². The molecule has 7 nitrogen and oxygen atoms in total. The first-order chi connectivity index (χ1) is 13.8. The molecule has 0 amide bonds. The molecule has 1 aromatic carbocycles. The second kappa shape index (κ2) is 6.27. The number of rotatable bonds is 4. The number of H-pyrrole nitrogens is 1. The Kier molecular flexibility index (Phi) is 3.58. The average molecular weight is 390 g/mol. The van der Waals surface area contributed by atoms with Gasteiger partial charge in [-0.2, -0.15) is 10.2 Å². The monoisotopic (exact) mass is 390 g/mol. The van der Waals surface area contributed by atoms with Gasteiger partial charge >= 0.3 is 0 Å². The van der Waals surface area contributed by atoms with Gasteiger partial charge in [-0.15, -0.1) is 11.3 Å². The van der Waals surface area contributed by atoms with E-state index in [0.717, 1.165) is 57.8 Å². The summed E-state index contributed by atoms with van der Waals surface area (Å²) in [6.45, 7) is 1.58. The summed E-state index contributed by atoms with van der Waals surface area (Å²) in [5.41, 5.74) is 4.17. The molecule has 1 aliphatic heterocycles. The molecule has 0 bridgehead atoms. The highest BCUT2D eigenvalue weighted by atomic mass is 32.1. The summed E-state index contributed by atoms with van der Waals surface area (Å²) >= 11 is 1.70. The molecule has 8 heteroatoms. The van der Waals surface area contributed by atoms with Crippen molar-refractivity contribution in [2.24, 2.45) is 5.92 Å². The van der Waals surface area contributed by atoms with Crippen LogP contribution in [0.5, 0.6) is 5.75 Å². The first kappa shape index (κ1) is 16.0. The maximum Gasteiger partial charge on any atom is 0.187 e. The van der Waals surface area contributed by atoms with Gasteiger partial charge in [-0.3, -0.25) is 5.10 Å². The standard InChI is InChI=1S/C20H18N6OS/c1-2-12(1)10-26-19(21-11-24-26)20-25-18-15-4-3-13(14-8-22-23-9-14)7-16(15)27-6-5-17(18)28-20/h3-4,7-9,11-12H,1-2,5-6,10H2,(H,22,23). The van der Waals surface area contributed by atoms with E-state index in [1.807, 2.05) is 17.1 Å². The Morgan fingerprint density at radius 2 is 2.21 bits per heavy atom. The summed E-state index contributed by atoms with van der Waals surface area (Å²) in [6, 6.07) is 6.26. The van der Waals surface area contributed by atoms with Crippen LogP contribution in [0.15, 0.2) is 36.9 Å². The molecular formula is C20H18N6OS. The van der Waals surface area contributed by atoms with Gasteiger partial charge in [0.25, 0.3) is 0 Å². The van der Waals surface area contributed by atoms with Crippen molar-refractivity contribution in [1.82, 2.24) is 29.9 Å². The predicted molar refractivity (Wildman–Crippen MR) is 106 cm³/mol. The number of hydrogen-bond donors (Lipinski definition) is 1. The van der Waals surface area contributed by atoms with Crippen molar-refractivity contribution in [3.63, 3.8) is 0 Å². The zero-order chi connectivity index (χ0) is 18.5. The van der Waals surface area contributed by atoms with Crippen LogP contribution in [0.3, 0.4) is 0 Å². The molecule has 0 radical (unpaired) electrons. The summed E-state index contributed by atoms with van der Waals surface area (Å²) in [5, 5.41) is 12.3. The molecule has 4 heterocycles. The topological polar surface area (TPSA) is 81.5 Å². The van der Waals surface area contributed by atoms with E-state index in [4.69, 9.17) is 9.72 Å². The van der Waals surface area contributed by atoms with Crippen LogP contribution in [-0.4, -0.2) is 36.6 Å². The summed E-state index contributed by atoms with van der Waals surface area (Å²) in [4.78, 5) is 10.7. The van der Waals surface area contributed by atoms with Crippen LogP contribution in [0.4, 0.5) is 0 Å². The third kappa shape index (κ3) is 2.72. The molecular weight excluding hydrogens is 372 g/mol. The lowest BCUT2D eigenvalue weighted by Gasteiger charge is -2.09. The maximum absolute atomic E-state index is 6.05. The highest BCUT2D eigenvalue weighted by Crippen LogP contribution is 2.41. The van der Waals surface area contributed by atoms with Crippen molar-refractivity contribution in [3.8, 4) is 39.0 Å². The van der Waals surface area contributed by atoms with Crippen LogP contribution < -0.4 is 4.74 Å². The van der Waals surface area contributed by atoms with E-state index < -0.39 is 0 Å². The molecule has 0 spiro atoms. The molecule has 1 aliphatic carbocycles. The normalized spacial score (nSPS) is 15.6. The van der Waals surface area contributed by atoms with Crippen molar-refractivity contribution in [1.29, 1.82) is 0 Å². The van der Waals surface area contributed by atoms with Gasteiger partial charge in [-0.25, -0.2) is 14.6 Å². The molecule has 0 saturated heterocycles. The number of aromatic nitrogens is 6. The minimum absolute atomic E-state index is 0.644. The smallest absolute Gasteiger partial charge is 0.187 e. The highest BCUT2D eigenvalue weighted by molar-refractivity contribution is 7.15. The van der Waals surface area contributed by atoms with Crippen LogP contribution in [0, 0.1) is 5.92 Å². The molecule has 6 rings (SSSR count). The minimum atomic E-state index is 0.644. The van der Waals surface area contributed by atoms with Crippen molar-refractivity contribution >= 4 is 11.3 Å². The highest BCUT2D eigenvalue weighted by Gasteiger charge is 2.26. The fourth-order valence-corrected chi connectivity index (χ4v) is 4.67. The van der Waals surface area contributed by atoms with Crippen LogP contribution in [0.2, 0.25) is 0 Å². The van der Waals surface area contributed by atoms with Crippen molar-refractivity contribution in [3.05, 3.63) is 41.8 Å². The molecule has 28 heavy (non-hydrogen) atoms. The number of hydrogen-bond acceptors (Lipinski definition) is 6. The van der Waals surface area contributed by atoms with E-state index in [1.54, 1.807) is 17.7 Å². The van der Waals surface area contributed by atoms with Crippen LogP contribution in [-0.2, 0) is 13.0 Å². The van der Waals surface area contributed by atoms with Crippen LogP contribution >= 0.6 is 11.3 Å². The van der Waals surface area contributed by atoms with E-state index in [2.05, 4.69) is 38.5 Å². The number of benzene rings is 1. The van der Waals surface area contributed by atoms with Crippen LogP contribution in [0.25, 0.3) is 33.2 Å². The Hall–Kier alpha value is -3.00. The number of nitrogens with one attached hydrogen (secondary N) is 1. The number of thiazole rings is 1. The van der Waals surface area contributed by atoms with E-state index >= 15 is 0 Å². The van der Waals surface area contributed by atoms with E-state index in [9.17, 15) is 0 Å². The van der Waals surface area contributed by atoms with Crippen molar-refractivity contribution in [2.75, 3.05) is 6.61 Å². The zero-order valence-electron chi connectivity index (χ0n) is 15.1. The second-order valence-electron chi connectivity index (χ2n) is 7.30. The van der Waals surface area contributed by atoms with E-state index in [1.165, 1.54) is 17.7 Å². The molecule has 0 unspecified atom stereocenters. The van der Waals surface area contributed by atoms with Crippen LogP contribution in [0.1, 0.15) is 17.7 Å². The zero-order valence-corrected chi connectivity index (χ0v) is 15.9. The number of aromatic amines is 1. The molecule has 1 N–H and O–H groups in total. The Bertz CT molecular complexity index is 1140. The number of nitrogens with zero attached hydrogens (tertiary/aromatic N) is 5. The maximum atomic E-state index is 6.05. The lowest BCUT2D eigenvalue weighted by molar-refractivity contribution is 0.327. The Balaban J connectivity index is 1.41. The van der Waals surface area contributed by atoms with Gasteiger partial charge in [0.05, 0.1) is 18.5 Å². The second-order valence-corrected chi connectivity index (χ2v) is 8.38. The first-order valence-corrected chi connectivity index (χ1v) is 10.3. The Morgan fingerprint density at radius 1 is 1.25 bits per heavy atom. The fraction of sp³-hybridized carbons (Fsp3) is 0.300. The Morgan fingerprint density at radius 3 is 3.07 bits per heavy atom. The van der Waals surface area contributed by atoms with Gasteiger partial charge in [-0.05, 0) is 36.5 Å². The number of ether oxygens (including phenoxy) is 1. The quantitative estimate of drug-likeness (QED) is 0.573. The summed E-state index contributed by atoms with van der Waals surface area (Å²) in [6.07, 6.45) is 8.77. The molecule has 1 saturated carbocycles. The van der Waals surface area contributed by atoms with E-state index in [0.29, 0.717) is 6.61 Å². The molecule has 4 aromatic rings. The largest absolute Gasteiger partial charge is 0.492 e. The van der Waals surface area contributed by atoms with Gasteiger partial charge < -0.3 is 4.74 Å². The molecule has 1 fully saturated rings.